The SMILES string of the molecule is COc1ccc(NC(N)=NCCS(=O)(=O)c2ccccc2)cc1OC. The van der Waals surface area contributed by atoms with Crippen molar-refractivity contribution < 1.29 is 17.9 Å². The van der Waals surface area contributed by atoms with Crippen LogP contribution in [0.1, 0.15) is 0 Å². The fourth-order valence-electron chi connectivity index (χ4n) is 2.13. The Labute approximate surface area is 147 Å². The van der Waals surface area contributed by atoms with Gasteiger partial charge in [0.05, 0.1) is 31.4 Å². The van der Waals surface area contributed by atoms with Gasteiger partial charge in [0.2, 0.25) is 0 Å². The minimum atomic E-state index is -3.38. The van der Waals surface area contributed by atoms with E-state index in [4.69, 9.17) is 15.2 Å². The number of anilines is 1. The lowest BCUT2D eigenvalue weighted by Crippen LogP contribution is -2.24. The number of nitrogens with two attached hydrogens (primary N) is 1. The number of aliphatic imine (C=N–C) groups is 1. The van der Waals surface area contributed by atoms with Crippen LogP contribution in [0.4, 0.5) is 5.69 Å². The molecule has 0 heterocycles. The molecule has 0 fully saturated rings. The van der Waals surface area contributed by atoms with Crippen molar-refractivity contribution in [1.82, 2.24) is 0 Å². The van der Waals surface area contributed by atoms with Crippen LogP contribution >= 0.6 is 0 Å². The third kappa shape index (κ3) is 5.12. The quantitative estimate of drug-likeness (QED) is 0.575. The lowest BCUT2D eigenvalue weighted by atomic mass is 10.3. The maximum absolute atomic E-state index is 12.2. The number of nitrogens with one attached hydrogen (secondary N) is 1. The molecule has 2 aromatic carbocycles. The Bertz CT molecular complexity index is 836. The molecule has 0 aromatic heterocycles. The Morgan fingerprint density at radius 2 is 1.76 bits per heavy atom. The molecule has 0 amide bonds. The molecule has 0 aliphatic carbocycles. The van der Waals surface area contributed by atoms with E-state index in [1.54, 1.807) is 55.6 Å². The summed E-state index contributed by atoms with van der Waals surface area (Å²) in [6.07, 6.45) is 0. The molecule has 0 unspecified atom stereocenters. The maximum atomic E-state index is 12.2. The molecule has 25 heavy (non-hydrogen) atoms. The van der Waals surface area contributed by atoms with Gasteiger partial charge in [0.25, 0.3) is 0 Å². The first kappa shape index (κ1) is 18.6. The summed E-state index contributed by atoms with van der Waals surface area (Å²) in [6.45, 7) is 0.0589. The van der Waals surface area contributed by atoms with E-state index >= 15 is 0 Å². The topological polar surface area (TPSA) is 103 Å². The first-order valence-electron chi connectivity index (χ1n) is 7.53. The maximum Gasteiger partial charge on any atom is 0.193 e. The van der Waals surface area contributed by atoms with Crippen LogP contribution in [0.2, 0.25) is 0 Å². The van der Waals surface area contributed by atoms with Crippen molar-refractivity contribution in [1.29, 1.82) is 0 Å². The fraction of sp³-hybridized carbons (Fsp3) is 0.235. The third-order valence-electron chi connectivity index (χ3n) is 3.40. The molecule has 0 radical (unpaired) electrons. The zero-order chi connectivity index (χ0) is 18.3. The summed E-state index contributed by atoms with van der Waals surface area (Å²) in [5.74, 6) is 1.14. The van der Waals surface area contributed by atoms with Crippen LogP contribution in [0.25, 0.3) is 0 Å². The smallest absolute Gasteiger partial charge is 0.193 e. The molecule has 2 rings (SSSR count). The summed E-state index contributed by atoms with van der Waals surface area (Å²) < 4.78 is 34.7. The van der Waals surface area contributed by atoms with Crippen LogP contribution in [-0.2, 0) is 9.84 Å². The summed E-state index contributed by atoms with van der Waals surface area (Å²) in [4.78, 5) is 4.33. The van der Waals surface area contributed by atoms with Gasteiger partial charge in [0.1, 0.15) is 0 Å². The Hall–Kier alpha value is -2.74. The lowest BCUT2D eigenvalue weighted by molar-refractivity contribution is 0.355. The van der Waals surface area contributed by atoms with Crippen LogP contribution in [0.3, 0.4) is 0 Å². The molecule has 8 heteroatoms. The van der Waals surface area contributed by atoms with E-state index in [1.807, 2.05) is 0 Å². The largest absolute Gasteiger partial charge is 0.493 e. The molecular weight excluding hydrogens is 342 g/mol. The van der Waals surface area contributed by atoms with Crippen molar-refractivity contribution in [2.45, 2.75) is 4.90 Å². The van der Waals surface area contributed by atoms with Crippen LogP contribution in [-0.4, -0.2) is 40.9 Å². The minimum absolute atomic E-state index is 0.0589. The average molecular weight is 363 g/mol. The number of guanidine groups is 1. The monoisotopic (exact) mass is 363 g/mol. The van der Waals surface area contributed by atoms with Crippen molar-refractivity contribution in [3.8, 4) is 11.5 Å². The van der Waals surface area contributed by atoms with Gasteiger partial charge in [0.15, 0.2) is 27.3 Å². The van der Waals surface area contributed by atoms with Gasteiger partial charge in [-0.05, 0) is 24.3 Å². The zero-order valence-electron chi connectivity index (χ0n) is 14.1. The highest BCUT2D eigenvalue weighted by Crippen LogP contribution is 2.29. The molecule has 3 N–H and O–H groups in total. The van der Waals surface area contributed by atoms with Gasteiger partial charge in [0, 0.05) is 11.8 Å². The van der Waals surface area contributed by atoms with Crippen molar-refractivity contribution in [2.75, 3.05) is 31.8 Å². The molecule has 0 spiro atoms. The highest BCUT2D eigenvalue weighted by molar-refractivity contribution is 7.91. The summed E-state index contributed by atoms with van der Waals surface area (Å²) in [7, 11) is -0.291. The summed E-state index contributed by atoms with van der Waals surface area (Å²) >= 11 is 0. The van der Waals surface area contributed by atoms with Gasteiger partial charge in [-0.1, -0.05) is 18.2 Å². The van der Waals surface area contributed by atoms with Crippen LogP contribution < -0.4 is 20.5 Å². The standard InChI is InChI=1S/C17H21N3O4S/c1-23-15-9-8-13(12-16(15)24-2)20-17(18)19-10-11-25(21,22)14-6-4-3-5-7-14/h3-9,12H,10-11H2,1-2H3,(H3,18,19,20). The third-order valence-corrected chi connectivity index (χ3v) is 5.11. The summed E-state index contributed by atoms with van der Waals surface area (Å²) in [5.41, 5.74) is 6.47. The predicted molar refractivity (Wildman–Crippen MR) is 98.2 cm³/mol. The van der Waals surface area contributed by atoms with Crippen molar-refractivity contribution in [2.24, 2.45) is 10.7 Å². The van der Waals surface area contributed by atoms with Crippen molar-refractivity contribution in [3.05, 3.63) is 48.5 Å². The predicted octanol–water partition coefficient (Wildman–Crippen LogP) is 1.90. The molecule has 0 saturated heterocycles. The van der Waals surface area contributed by atoms with Gasteiger partial charge >= 0.3 is 0 Å². The highest BCUT2D eigenvalue weighted by atomic mass is 32.2. The van der Waals surface area contributed by atoms with Crippen molar-refractivity contribution >= 4 is 21.5 Å². The van der Waals surface area contributed by atoms with Crippen LogP contribution in [0.15, 0.2) is 58.4 Å². The molecule has 7 nitrogen and oxygen atoms in total. The first-order chi connectivity index (χ1) is 12.0. The zero-order valence-corrected chi connectivity index (χ0v) is 14.9. The van der Waals surface area contributed by atoms with Crippen LogP contribution in [0, 0.1) is 0 Å². The Morgan fingerprint density at radius 1 is 1.08 bits per heavy atom. The fourth-order valence-corrected chi connectivity index (χ4v) is 3.27. The minimum Gasteiger partial charge on any atom is -0.493 e. The lowest BCUT2D eigenvalue weighted by Gasteiger charge is -2.11. The Morgan fingerprint density at radius 3 is 2.40 bits per heavy atom. The number of rotatable bonds is 7. The molecule has 0 aliphatic rings. The van der Waals surface area contributed by atoms with Crippen LogP contribution in [0.5, 0.6) is 11.5 Å². The van der Waals surface area contributed by atoms with E-state index < -0.39 is 9.84 Å². The molecule has 0 atom stereocenters. The number of benzene rings is 2. The highest BCUT2D eigenvalue weighted by Gasteiger charge is 2.13. The van der Waals surface area contributed by atoms with Gasteiger partial charge < -0.3 is 20.5 Å². The van der Waals surface area contributed by atoms with E-state index in [0.29, 0.717) is 17.2 Å². The van der Waals surface area contributed by atoms with E-state index in [1.165, 1.54) is 7.11 Å². The summed E-state index contributed by atoms with van der Waals surface area (Å²) in [5, 5.41) is 2.89. The number of sulfone groups is 1. The van der Waals surface area contributed by atoms with Gasteiger partial charge in [-0.3, -0.25) is 4.99 Å². The number of hydrogen-bond acceptors (Lipinski definition) is 5. The van der Waals surface area contributed by atoms with Gasteiger partial charge in [-0.2, -0.15) is 0 Å². The first-order valence-corrected chi connectivity index (χ1v) is 9.18. The van der Waals surface area contributed by atoms with E-state index in [0.717, 1.165) is 0 Å². The number of methoxy groups -OCH3 is 2. The second-order valence-electron chi connectivity index (χ2n) is 5.09. The molecule has 0 bridgehead atoms. The average Bonchev–Trinajstić information content (AvgIpc) is 2.62. The number of nitrogens with zero attached hydrogens (tertiary/aromatic N) is 1. The molecule has 134 valence electrons. The molecule has 2 aromatic rings. The molecular formula is C17H21N3O4S. The molecule has 0 aliphatic heterocycles. The Kier molecular flexibility index (Phi) is 6.24. The normalized spacial score (nSPS) is 11.8. The second-order valence-corrected chi connectivity index (χ2v) is 7.20. The van der Waals surface area contributed by atoms with Crippen molar-refractivity contribution in [3.63, 3.8) is 0 Å². The van der Waals surface area contributed by atoms with E-state index in [9.17, 15) is 8.42 Å². The van der Waals surface area contributed by atoms with Gasteiger partial charge in [-0.25, -0.2) is 8.42 Å². The van der Waals surface area contributed by atoms with E-state index in [-0.39, 0.29) is 23.2 Å². The Balaban J connectivity index is 1.98. The number of hydrogen-bond donors (Lipinski definition) is 2. The van der Waals surface area contributed by atoms with E-state index in [2.05, 4.69) is 10.3 Å². The second kappa shape index (κ2) is 8.39. The summed E-state index contributed by atoms with van der Waals surface area (Å²) in [6, 6.07) is 13.4. The van der Waals surface area contributed by atoms with Gasteiger partial charge in [-0.15, -0.1) is 0 Å². The molecule has 0 saturated carbocycles. The number of ether oxygens (including phenoxy) is 2.